The van der Waals surface area contributed by atoms with Crippen LogP contribution in [-0.2, 0) is 0 Å². The number of rotatable bonds is 6. The Morgan fingerprint density at radius 3 is 2.38 bits per heavy atom. The van der Waals surface area contributed by atoms with Gasteiger partial charge in [-0.1, -0.05) is 0 Å². The molecule has 0 saturated carbocycles. The van der Waals surface area contributed by atoms with Gasteiger partial charge < -0.3 is 10.6 Å². The Labute approximate surface area is 159 Å². The molecule has 0 bridgehead atoms. The topological polar surface area (TPSA) is 85.7 Å². The van der Waals surface area contributed by atoms with E-state index in [1.807, 2.05) is 12.2 Å². The van der Waals surface area contributed by atoms with Crippen LogP contribution in [-0.4, -0.2) is 45.9 Å². The first kappa shape index (κ1) is 21.7. The first-order chi connectivity index (χ1) is 12.2. The summed E-state index contributed by atoms with van der Waals surface area (Å²) in [5.74, 6) is 0. The quantitative estimate of drug-likeness (QED) is 0.325. The lowest BCUT2D eigenvalue weighted by molar-refractivity contribution is -0.122. The van der Waals surface area contributed by atoms with Crippen LogP contribution in [0.5, 0.6) is 0 Å². The van der Waals surface area contributed by atoms with Gasteiger partial charge in [-0.25, -0.2) is 0 Å². The maximum absolute atomic E-state index is 12.2. The molecule has 1 heterocycles. The Hall–Kier alpha value is -2.34. The second kappa shape index (κ2) is 10.6. The summed E-state index contributed by atoms with van der Waals surface area (Å²) in [6.45, 7) is 2.86. The van der Waals surface area contributed by atoms with Crippen molar-refractivity contribution in [1.29, 1.82) is 0 Å². The second-order valence-electron chi connectivity index (χ2n) is 4.78. The van der Waals surface area contributed by atoms with E-state index in [-0.39, 0.29) is 5.11 Å². The lowest BCUT2D eigenvalue weighted by Gasteiger charge is -2.11. The molecule has 142 valence electrons. The lowest BCUT2D eigenvalue weighted by Crippen LogP contribution is -2.39. The third kappa shape index (κ3) is 8.67. The fourth-order valence-corrected chi connectivity index (χ4v) is 1.88. The molecule has 0 aliphatic rings. The average molecular weight is 405 g/mol. The average Bonchev–Trinajstić information content (AvgIpc) is 2.59. The molecule has 1 rings (SSSR count). The molecular formula is C14H18F3N7S2. The molecule has 0 aliphatic heterocycles. The second-order valence-corrected chi connectivity index (χ2v) is 5.60. The molecule has 0 amide bonds. The van der Waals surface area contributed by atoms with Crippen molar-refractivity contribution in [1.82, 2.24) is 26.5 Å². The van der Waals surface area contributed by atoms with Gasteiger partial charge in [-0.2, -0.15) is 23.4 Å². The molecule has 0 atom stereocenters. The van der Waals surface area contributed by atoms with E-state index in [1.54, 1.807) is 31.5 Å². The molecule has 0 saturated heterocycles. The van der Waals surface area contributed by atoms with Crippen molar-refractivity contribution in [2.75, 3.05) is 13.1 Å². The number of nitrogens with one attached hydrogen (secondary N) is 4. The number of thiocarbonyl (C=S) groups is 2. The van der Waals surface area contributed by atoms with Gasteiger partial charge in [-0.3, -0.25) is 15.8 Å². The van der Waals surface area contributed by atoms with Gasteiger partial charge in [-0.15, -0.1) is 0 Å². The highest BCUT2D eigenvalue weighted by Crippen LogP contribution is 2.11. The Balaban J connectivity index is 2.87. The molecule has 12 heteroatoms. The fourth-order valence-electron chi connectivity index (χ4n) is 1.57. The molecule has 26 heavy (non-hydrogen) atoms. The maximum Gasteiger partial charge on any atom is 0.405 e. The first-order valence-corrected chi connectivity index (χ1v) is 8.21. The lowest BCUT2D eigenvalue weighted by atomic mass is 10.1. The minimum absolute atomic E-state index is 0.261. The summed E-state index contributed by atoms with van der Waals surface area (Å²) >= 11 is 9.80. The van der Waals surface area contributed by atoms with Crippen LogP contribution in [0, 0.1) is 0 Å². The van der Waals surface area contributed by atoms with Gasteiger partial charge in [0.15, 0.2) is 10.2 Å². The van der Waals surface area contributed by atoms with Gasteiger partial charge in [0, 0.05) is 24.5 Å². The number of aromatic nitrogens is 1. The molecule has 1 aromatic heterocycles. The summed E-state index contributed by atoms with van der Waals surface area (Å²) in [5.41, 5.74) is 6.41. The molecular weight excluding hydrogens is 387 g/mol. The van der Waals surface area contributed by atoms with Crippen molar-refractivity contribution in [3.05, 3.63) is 30.1 Å². The summed E-state index contributed by atoms with van der Waals surface area (Å²) in [4.78, 5) is 4.01. The van der Waals surface area contributed by atoms with E-state index >= 15 is 0 Å². The van der Waals surface area contributed by atoms with E-state index < -0.39 is 12.7 Å². The van der Waals surface area contributed by atoms with Gasteiger partial charge in [0.25, 0.3) is 0 Å². The van der Waals surface area contributed by atoms with Crippen molar-refractivity contribution < 1.29 is 13.2 Å². The summed E-state index contributed by atoms with van der Waals surface area (Å²) < 4.78 is 36.5. The van der Waals surface area contributed by atoms with Crippen molar-refractivity contribution in [3.8, 4) is 0 Å². The minimum atomic E-state index is -4.38. The summed E-state index contributed by atoms with van der Waals surface area (Å²) in [6, 6.07) is 3.47. The van der Waals surface area contributed by atoms with Crippen LogP contribution in [0.15, 0.2) is 34.7 Å². The van der Waals surface area contributed by atoms with Crippen LogP contribution in [0.2, 0.25) is 0 Å². The van der Waals surface area contributed by atoms with Crippen molar-refractivity contribution in [3.63, 3.8) is 0 Å². The highest BCUT2D eigenvalue weighted by molar-refractivity contribution is 7.80. The van der Waals surface area contributed by atoms with Gasteiger partial charge in [0.05, 0.1) is 5.71 Å². The van der Waals surface area contributed by atoms with E-state index in [0.717, 1.165) is 0 Å². The third-order valence-corrected chi connectivity index (χ3v) is 3.13. The van der Waals surface area contributed by atoms with Crippen LogP contribution in [0.4, 0.5) is 13.2 Å². The van der Waals surface area contributed by atoms with Gasteiger partial charge in [0.2, 0.25) is 0 Å². The Morgan fingerprint density at radius 2 is 1.81 bits per heavy atom. The smallest absolute Gasteiger partial charge is 0.362 e. The number of hydrazone groups is 2. The molecule has 0 fully saturated rings. The molecule has 4 N–H and O–H groups in total. The largest absolute Gasteiger partial charge is 0.405 e. The maximum atomic E-state index is 12.2. The number of pyridine rings is 1. The Bertz CT molecular complexity index is 675. The zero-order chi connectivity index (χ0) is 19.6. The van der Waals surface area contributed by atoms with Crippen LogP contribution < -0.4 is 21.5 Å². The molecule has 1 aromatic rings. The van der Waals surface area contributed by atoms with Crippen LogP contribution >= 0.6 is 24.4 Å². The molecule has 0 radical (unpaired) electrons. The fraction of sp³-hybridized carbons (Fsp3) is 0.357. The third-order valence-electron chi connectivity index (χ3n) is 2.66. The van der Waals surface area contributed by atoms with Gasteiger partial charge in [-0.05, 0) is 50.4 Å². The molecule has 0 unspecified atom stereocenters. The SMILES string of the molecule is CCNC(=S)NN=C(C(C)=NNC(=S)NCC(F)(F)F)c1cccnc1. The van der Waals surface area contributed by atoms with Crippen LogP contribution in [0.25, 0.3) is 0 Å². The molecule has 7 nitrogen and oxygen atoms in total. The normalized spacial score (nSPS) is 12.3. The Kier molecular flexibility index (Phi) is 8.85. The van der Waals surface area contributed by atoms with Crippen molar-refractivity contribution in [2.24, 2.45) is 10.2 Å². The minimum Gasteiger partial charge on any atom is -0.362 e. The van der Waals surface area contributed by atoms with Crippen molar-refractivity contribution in [2.45, 2.75) is 20.0 Å². The number of nitrogens with zero attached hydrogens (tertiary/aromatic N) is 3. The summed E-state index contributed by atoms with van der Waals surface area (Å²) in [6.07, 6.45) is -1.21. The number of alkyl halides is 3. The van der Waals surface area contributed by atoms with Crippen LogP contribution in [0.1, 0.15) is 19.4 Å². The standard InChI is InChI=1S/C14H18F3N7S2/c1-3-19-12(25)24-22-11(10-5-4-6-18-7-10)9(2)21-23-13(26)20-8-14(15,16)17/h4-7H,3,8H2,1-2H3,(H2,19,24,25)(H2,20,23,26). The number of hydrogen-bond donors (Lipinski definition) is 4. The predicted octanol–water partition coefficient (Wildman–Crippen LogP) is 1.67. The van der Waals surface area contributed by atoms with E-state index in [1.165, 1.54) is 0 Å². The molecule has 0 aliphatic carbocycles. The van der Waals surface area contributed by atoms with Gasteiger partial charge in [0.1, 0.15) is 12.3 Å². The first-order valence-electron chi connectivity index (χ1n) is 7.40. The van der Waals surface area contributed by atoms with Crippen LogP contribution in [0.3, 0.4) is 0 Å². The highest BCUT2D eigenvalue weighted by Gasteiger charge is 2.26. The highest BCUT2D eigenvalue weighted by atomic mass is 32.1. The summed E-state index contributed by atoms with van der Waals surface area (Å²) in [5, 5.41) is 13.1. The zero-order valence-electron chi connectivity index (χ0n) is 14.0. The van der Waals surface area contributed by atoms with Crippen molar-refractivity contribution >= 4 is 46.1 Å². The monoisotopic (exact) mass is 405 g/mol. The molecule has 0 aromatic carbocycles. The predicted molar refractivity (Wildman–Crippen MR) is 103 cm³/mol. The Morgan fingerprint density at radius 1 is 1.15 bits per heavy atom. The zero-order valence-corrected chi connectivity index (χ0v) is 15.6. The summed E-state index contributed by atoms with van der Waals surface area (Å²) in [7, 11) is 0. The van der Waals surface area contributed by atoms with E-state index in [0.29, 0.717) is 28.6 Å². The molecule has 0 spiro atoms. The van der Waals surface area contributed by atoms with Gasteiger partial charge >= 0.3 is 6.18 Å². The van der Waals surface area contributed by atoms with E-state index in [4.69, 9.17) is 24.4 Å². The number of hydrogen-bond acceptors (Lipinski definition) is 5. The number of halogens is 3. The van der Waals surface area contributed by atoms with E-state index in [2.05, 4.69) is 31.4 Å². The van der Waals surface area contributed by atoms with E-state index in [9.17, 15) is 13.2 Å².